The average Bonchev–Trinajstić information content (AvgIpc) is 3.21. The molecule has 3 rings (SSSR count). The van der Waals surface area contributed by atoms with Gasteiger partial charge in [0.15, 0.2) is 0 Å². The molecule has 1 aliphatic heterocycles. The molecule has 4 heteroatoms. The third-order valence-corrected chi connectivity index (χ3v) is 5.28. The van der Waals surface area contributed by atoms with Gasteiger partial charge in [0, 0.05) is 0 Å². The second kappa shape index (κ2) is 11.1. The van der Waals surface area contributed by atoms with Crippen LogP contribution >= 0.6 is 0 Å². The Bertz CT molecular complexity index is 798. The zero-order valence-corrected chi connectivity index (χ0v) is 18.0. The van der Waals surface area contributed by atoms with E-state index in [1.54, 1.807) is 0 Å². The molecule has 1 fully saturated rings. The smallest absolute Gasteiger partial charge is 0.315 e. The lowest BCUT2D eigenvalue weighted by Crippen LogP contribution is -2.24. The second-order valence-corrected chi connectivity index (χ2v) is 8.38. The number of carbonyl (C=O) groups excluding carboxylic acids is 1. The summed E-state index contributed by atoms with van der Waals surface area (Å²) in [5.41, 5.74) is 1.51. The van der Waals surface area contributed by atoms with Crippen LogP contribution in [0.5, 0.6) is 0 Å². The molecule has 30 heavy (non-hydrogen) atoms. The lowest BCUT2D eigenvalue weighted by Gasteiger charge is -2.19. The van der Waals surface area contributed by atoms with Gasteiger partial charge >= 0.3 is 5.97 Å². The van der Waals surface area contributed by atoms with Crippen LogP contribution in [-0.2, 0) is 32.2 Å². The Morgan fingerprint density at radius 1 is 0.967 bits per heavy atom. The van der Waals surface area contributed by atoms with Gasteiger partial charge in [-0.1, -0.05) is 72.8 Å². The highest BCUT2D eigenvalue weighted by atomic mass is 16.5. The monoisotopic (exact) mass is 408 g/mol. The predicted octanol–water partition coefficient (Wildman–Crippen LogP) is 5.47. The van der Waals surface area contributed by atoms with E-state index in [4.69, 9.17) is 14.2 Å². The number of rotatable bonds is 10. The van der Waals surface area contributed by atoms with Crippen LogP contribution in [0.3, 0.4) is 0 Å². The first-order chi connectivity index (χ1) is 14.5. The Morgan fingerprint density at radius 3 is 2.23 bits per heavy atom. The summed E-state index contributed by atoms with van der Waals surface area (Å²) >= 11 is 0. The van der Waals surface area contributed by atoms with Crippen molar-refractivity contribution >= 4 is 5.97 Å². The quantitative estimate of drug-likeness (QED) is 0.386. The van der Waals surface area contributed by atoms with E-state index in [2.05, 4.69) is 12.1 Å². The van der Waals surface area contributed by atoms with Gasteiger partial charge in [-0.2, -0.15) is 0 Å². The fourth-order valence-corrected chi connectivity index (χ4v) is 3.45. The summed E-state index contributed by atoms with van der Waals surface area (Å²) in [6.45, 7) is 5.30. The first-order valence-corrected chi connectivity index (χ1v) is 10.7. The topological polar surface area (TPSA) is 44.8 Å². The molecule has 0 aromatic heterocycles. The van der Waals surface area contributed by atoms with E-state index in [0.29, 0.717) is 19.8 Å². The summed E-state index contributed by atoms with van der Waals surface area (Å²) < 4.78 is 17.4. The highest BCUT2D eigenvalue weighted by molar-refractivity contribution is 5.78. The predicted molar refractivity (Wildman–Crippen MR) is 118 cm³/mol. The molecular weight excluding hydrogens is 376 g/mol. The molecule has 160 valence electrons. The fraction of sp³-hybridized carbons (Fsp3) is 0.423. The number of ether oxygens (including phenoxy) is 3. The van der Waals surface area contributed by atoms with Crippen LogP contribution < -0.4 is 0 Å². The van der Waals surface area contributed by atoms with Gasteiger partial charge in [-0.15, -0.1) is 0 Å². The van der Waals surface area contributed by atoms with Gasteiger partial charge in [-0.3, -0.25) is 4.79 Å². The van der Waals surface area contributed by atoms with E-state index in [1.165, 1.54) is 5.56 Å². The summed E-state index contributed by atoms with van der Waals surface area (Å²) in [4.78, 5) is 12.4. The van der Waals surface area contributed by atoms with Gasteiger partial charge < -0.3 is 14.2 Å². The van der Waals surface area contributed by atoms with Crippen molar-refractivity contribution in [3.63, 3.8) is 0 Å². The minimum Gasteiger partial charge on any atom is -0.460 e. The normalized spacial score (nSPS) is 19.3. The van der Waals surface area contributed by atoms with Crippen molar-refractivity contribution in [2.75, 3.05) is 6.61 Å². The van der Waals surface area contributed by atoms with Gasteiger partial charge in [0.2, 0.25) is 0 Å². The third kappa shape index (κ3) is 7.12. The minimum atomic E-state index is -0.661. The third-order valence-electron chi connectivity index (χ3n) is 5.28. The van der Waals surface area contributed by atoms with Crippen molar-refractivity contribution in [2.45, 2.75) is 58.5 Å². The van der Waals surface area contributed by atoms with Crippen LogP contribution in [0.1, 0.15) is 44.2 Å². The molecule has 2 atom stereocenters. The lowest BCUT2D eigenvalue weighted by molar-refractivity contribution is -0.152. The van der Waals surface area contributed by atoms with Gasteiger partial charge in [0.25, 0.3) is 0 Å². The Morgan fingerprint density at radius 2 is 1.57 bits per heavy atom. The maximum atomic E-state index is 12.4. The molecule has 0 aliphatic carbocycles. The number of esters is 1. The van der Waals surface area contributed by atoms with Crippen LogP contribution in [-0.4, -0.2) is 24.8 Å². The minimum absolute atomic E-state index is 0.149. The molecule has 1 unspecified atom stereocenters. The largest absolute Gasteiger partial charge is 0.460 e. The maximum Gasteiger partial charge on any atom is 0.315 e. The first kappa shape index (κ1) is 22.3. The van der Waals surface area contributed by atoms with Gasteiger partial charge in [-0.25, -0.2) is 0 Å². The molecule has 0 bridgehead atoms. The number of carbonyl (C=O) groups is 1. The van der Waals surface area contributed by atoms with E-state index < -0.39 is 5.41 Å². The van der Waals surface area contributed by atoms with Crippen LogP contribution in [0.15, 0.2) is 72.8 Å². The van der Waals surface area contributed by atoms with E-state index in [9.17, 15) is 4.79 Å². The van der Waals surface area contributed by atoms with E-state index in [-0.39, 0.29) is 18.2 Å². The number of hydrogen-bond donors (Lipinski definition) is 0. The summed E-state index contributed by atoms with van der Waals surface area (Å²) in [6, 6.07) is 19.9. The Hall–Kier alpha value is -2.43. The van der Waals surface area contributed by atoms with Gasteiger partial charge in [0.1, 0.15) is 6.61 Å². The van der Waals surface area contributed by atoms with Crippen LogP contribution in [0.25, 0.3) is 0 Å². The van der Waals surface area contributed by atoms with Crippen LogP contribution in [0.2, 0.25) is 0 Å². The molecule has 0 spiro atoms. The molecular formula is C26H32O4. The van der Waals surface area contributed by atoms with Crippen molar-refractivity contribution in [3.8, 4) is 0 Å². The lowest BCUT2D eigenvalue weighted by atomic mass is 9.92. The highest BCUT2D eigenvalue weighted by Gasteiger charge is 2.28. The van der Waals surface area contributed by atoms with Crippen molar-refractivity contribution in [3.05, 3.63) is 83.9 Å². The Labute approximate surface area is 179 Å². The summed E-state index contributed by atoms with van der Waals surface area (Å²) in [5, 5.41) is 0. The average molecular weight is 409 g/mol. The van der Waals surface area contributed by atoms with E-state index in [1.807, 2.05) is 74.5 Å². The Balaban J connectivity index is 1.35. The second-order valence-electron chi connectivity index (χ2n) is 8.38. The van der Waals surface area contributed by atoms with Gasteiger partial charge in [0.05, 0.1) is 30.8 Å². The molecule has 0 N–H and O–H groups in total. The van der Waals surface area contributed by atoms with Crippen LogP contribution in [0, 0.1) is 5.41 Å². The number of benzene rings is 2. The maximum absolute atomic E-state index is 12.4. The molecule has 4 nitrogen and oxygen atoms in total. The van der Waals surface area contributed by atoms with Crippen molar-refractivity contribution < 1.29 is 19.0 Å². The van der Waals surface area contributed by atoms with Crippen LogP contribution in [0.4, 0.5) is 0 Å². The molecule has 1 heterocycles. The first-order valence-electron chi connectivity index (χ1n) is 10.7. The van der Waals surface area contributed by atoms with Crippen molar-refractivity contribution in [1.82, 2.24) is 0 Å². The number of hydrogen-bond acceptors (Lipinski definition) is 4. The molecule has 0 saturated carbocycles. The summed E-state index contributed by atoms with van der Waals surface area (Å²) in [5.74, 6) is -0.220. The zero-order chi connectivity index (χ0) is 21.2. The SMILES string of the molecule is CC(C)(/C=C/CC1CC[C@@H](COCc2ccccc2)O1)C(=O)OCc1ccccc1. The van der Waals surface area contributed by atoms with Crippen molar-refractivity contribution in [1.29, 1.82) is 0 Å². The molecule has 0 amide bonds. The molecule has 1 saturated heterocycles. The van der Waals surface area contributed by atoms with E-state index >= 15 is 0 Å². The zero-order valence-electron chi connectivity index (χ0n) is 18.0. The highest BCUT2D eigenvalue weighted by Crippen LogP contribution is 2.25. The molecule has 2 aromatic rings. The Kier molecular flexibility index (Phi) is 8.23. The van der Waals surface area contributed by atoms with Crippen molar-refractivity contribution in [2.24, 2.45) is 5.41 Å². The van der Waals surface area contributed by atoms with E-state index in [0.717, 1.165) is 24.8 Å². The van der Waals surface area contributed by atoms with Gasteiger partial charge in [-0.05, 0) is 44.2 Å². The molecule has 1 aliphatic rings. The fourth-order valence-electron chi connectivity index (χ4n) is 3.45. The summed E-state index contributed by atoms with van der Waals surface area (Å²) in [7, 11) is 0. The molecule has 2 aromatic carbocycles. The standard InChI is InChI=1S/C26H32O4/c1-26(2,25(27)29-19-22-12-7-4-8-13-22)17-9-14-23-15-16-24(30-23)20-28-18-21-10-5-3-6-11-21/h3-13,17,23-24H,14-16,18-20H2,1-2H3/b17-9+/t23?,24-/m0/s1. The summed E-state index contributed by atoms with van der Waals surface area (Å²) in [6.07, 6.45) is 7.13. The molecule has 0 radical (unpaired) electrons.